The number of carbonyl (C=O) groups excluding carboxylic acids is 1. The molecule has 4 nitrogen and oxygen atoms in total. The quantitative estimate of drug-likeness (QED) is 0.608. The van der Waals surface area contributed by atoms with Crippen molar-refractivity contribution in [1.29, 1.82) is 0 Å². The summed E-state index contributed by atoms with van der Waals surface area (Å²) in [5.41, 5.74) is -0.0804. The molecule has 1 heterocycles. The lowest BCUT2D eigenvalue weighted by atomic mass is 10.4. The van der Waals surface area contributed by atoms with Crippen molar-refractivity contribution >= 4 is 17.7 Å². The largest absolute Gasteiger partial charge is 0.469 e. The first kappa shape index (κ1) is 12.0. The molecule has 0 bridgehead atoms. The summed E-state index contributed by atoms with van der Waals surface area (Å²) >= 11 is 1.27. The van der Waals surface area contributed by atoms with Crippen LogP contribution in [0.25, 0.3) is 0 Å². The Balaban J connectivity index is 2.31. The van der Waals surface area contributed by atoms with Crippen LogP contribution in [0, 0.1) is 0 Å². The van der Waals surface area contributed by atoms with Crippen molar-refractivity contribution in [3.05, 3.63) is 30.1 Å². The highest BCUT2D eigenvalue weighted by Crippen LogP contribution is 2.24. The summed E-state index contributed by atoms with van der Waals surface area (Å²) in [6.45, 7) is 0. The maximum atomic E-state index is 10.8. The topological polar surface area (TPSA) is 59.4 Å². The Morgan fingerprint density at radius 3 is 3.07 bits per heavy atom. The van der Waals surface area contributed by atoms with E-state index in [-0.39, 0.29) is 5.97 Å². The van der Waals surface area contributed by atoms with Crippen molar-refractivity contribution in [2.45, 2.75) is 11.9 Å². The number of esters is 1. The highest BCUT2D eigenvalue weighted by molar-refractivity contribution is 7.99. The van der Waals surface area contributed by atoms with Crippen molar-refractivity contribution in [2.24, 2.45) is 0 Å². The number of pyridine rings is 1. The zero-order valence-electron chi connectivity index (χ0n) is 8.42. The zero-order valence-corrected chi connectivity index (χ0v) is 9.24. The SMILES string of the molecule is COC(=O)CCSC(O)c1ccccn1. The van der Waals surface area contributed by atoms with Gasteiger partial charge in [-0.25, -0.2) is 0 Å². The average Bonchev–Trinajstić information content (AvgIpc) is 2.29. The van der Waals surface area contributed by atoms with Crippen LogP contribution in [0.1, 0.15) is 17.6 Å². The predicted octanol–water partition coefficient (Wildman–Crippen LogP) is 1.37. The number of aromatic nitrogens is 1. The molecule has 1 atom stereocenters. The van der Waals surface area contributed by atoms with Gasteiger partial charge in [-0.1, -0.05) is 6.07 Å². The minimum absolute atomic E-state index is 0.268. The first-order valence-corrected chi connectivity index (χ1v) is 5.56. The molecule has 0 aliphatic carbocycles. The van der Waals surface area contributed by atoms with E-state index < -0.39 is 5.44 Å². The second kappa shape index (κ2) is 6.42. The number of nitrogens with zero attached hydrogens (tertiary/aromatic N) is 1. The van der Waals surface area contributed by atoms with E-state index in [1.54, 1.807) is 18.3 Å². The Morgan fingerprint density at radius 1 is 1.67 bits per heavy atom. The Kier molecular flexibility index (Phi) is 5.14. The molecule has 1 unspecified atom stereocenters. The summed E-state index contributed by atoms with van der Waals surface area (Å²) in [6, 6.07) is 5.34. The van der Waals surface area contributed by atoms with Gasteiger partial charge in [0.25, 0.3) is 0 Å². The summed E-state index contributed by atoms with van der Waals surface area (Å²) in [5, 5.41) is 9.65. The van der Waals surface area contributed by atoms with Gasteiger partial charge in [0.2, 0.25) is 0 Å². The van der Waals surface area contributed by atoms with Crippen LogP contribution in [0.2, 0.25) is 0 Å². The third-order valence-corrected chi connectivity index (χ3v) is 2.75. The minimum Gasteiger partial charge on any atom is -0.469 e. The van der Waals surface area contributed by atoms with Gasteiger partial charge < -0.3 is 9.84 Å². The van der Waals surface area contributed by atoms with Gasteiger partial charge in [0.15, 0.2) is 0 Å². The van der Waals surface area contributed by atoms with E-state index >= 15 is 0 Å². The van der Waals surface area contributed by atoms with Crippen molar-refractivity contribution in [3.63, 3.8) is 0 Å². The molecule has 15 heavy (non-hydrogen) atoms. The van der Waals surface area contributed by atoms with Crippen LogP contribution >= 0.6 is 11.8 Å². The number of thioether (sulfide) groups is 1. The molecule has 82 valence electrons. The van der Waals surface area contributed by atoms with Crippen LogP contribution < -0.4 is 0 Å². The van der Waals surface area contributed by atoms with Gasteiger partial charge in [0.05, 0.1) is 19.2 Å². The van der Waals surface area contributed by atoms with Gasteiger partial charge in [-0.15, -0.1) is 11.8 Å². The van der Waals surface area contributed by atoms with Crippen LogP contribution in [0.5, 0.6) is 0 Å². The van der Waals surface area contributed by atoms with Gasteiger partial charge >= 0.3 is 5.97 Å². The number of methoxy groups -OCH3 is 1. The molecule has 1 N–H and O–H groups in total. The van der Waals surface area contributed by atoms with E-state index in [2.05, 4.69) is 9.72 Å². The highest BCUT2D eigenvalue weighted by Gasteiger charge is 2.09. The number of carbonyl (C=O) groups is 1. The molecule has 0 spiro atoms. The smallest absolute Gasteiger partial charge is 0.306 e. The van der Waals surface area contributed by atoms with E-state index in [0.717, 1.165) is 0 Å². The van der Waals surface area contributed by atoms with Crippen molar-refractivity contribution in [1.82, 2.24) is 4.98 Å². The molecule has 5 heteroatoms. The van der Waals surface area contributed by atoms with Crippen LogP contribution in [0.4, 0.5) is 0 Å². The Morgan fingerprint density at radius 2 is 2.47 bits per heavy atom. The van der Waals surface area contributed by atoms with Crippen molar-refractivity contribution in [3.8, 4) is 0 Å². The fourth-order valence-electron chi connectivity index (χ4n) is 0.963. The predicted molar refractivity (Wildman–Crippen MR) is 58.3 cm³/mol. The molecule has 0 aliphatic heterocycles. The van der Waals surface area contributed by atoms with Crippen LogP contribution in [0.15, 0.2) is 24.4 Å². The molecular weight excluding hydrogens is 214 g/mol. The Bertz CT molecular complexity index is 305. The van der Waals surface area contributed by atoms with Crippen LogP contribution in [0.3, 0.4) is 0 Å². The fourth-order valence-corrected chi connectivity index (χ4v) is 1.78. The first-order chi connectivity index (χ1) is 7.24. The monoisotopic (exact) mass is 227 g/mol. The minimum atomic E-state index is -0.684. The molecule has 1 aromatic rings. The number of ether oxygens (including phenoxy) is 1. The summed E-state index contributed by atoms with van der Waals surface area (Å²) in [7, 11) is 1.35. The number of aliphatic hydroxyl groups excluding tert-OH is 1. The molecule has 1 aromatic heterocycles. The molecule has 1 rings (SSSR count). The molecule has 0 aliphatic rings. The highest BCUT2D eigenvalue weighted by atomic mass is 32.2. The van der Waals surface area contributed by atoms with Crippen LogP contribution in [-0.2, 0) is 9.53 Å². The molecule has 0 saturated heterocycles. The lowest BCUT2D eigenvalue weighted by Gasteiger charge is -2.08. The summed E-state index contributed by atoms with van der Waals surface area (Å²) in [5.74, 6) is 0.250. The van der Waals surface area contributed by atoms with E-state index in [0.29, 0.717) is 17.9 Å². The Labute approximate surface area is 92.7 Å². The maximum absolute atomic E-state index is 10.8. The molecule has 0 fully saturated rings. The summed E-state index contributed by atoms with van der Waals surface area (Å²) < 4.78 is 4.49. The van der Waals surface area contributed by atoms with E-state index in [1.807, 2.05) is 6.07 Å². The molecule has 0 radical (unpaired) electrons. The van der Waals surface area contributed by atoms with Gasteiger partial charge in [0, 0.05) is 11.9 Å². The molecule has 0 saturated carbocycles. The molecule has 0 aromatic carbocycles. The summed E-state index contributed by atoms with van der Waals surface area (Å²) in [6.07, 6.45) is 1.92. The lowest BCUT2D eigenvalue weighted by Crippen LogP contribution is -2.03. The number of hydrogen-bond acceptors (Lipinski definition) is 5. The second-order valence-corrected chi connectivity index (χ2v) is 3.99. The second-order valence-electron chi connectivity index (χ2n) is 2.80. The Hall–Kier alpha value is -1.07. The van der Waals surface area contributed by atoms with Crippen LogP contribution in [-0.4, -0.2) is 28.9 Å². The summed E-state index contributed by atoms with van der Waals surface area (Å²) in [4.78, 5) is 14.8. The van der Waals surface area contributed by atoms with E-state index in [9.17, 15) is 9.90 Å². The van der Waals surface area contributed by atoms with Crippen molar-refractivity contribution in [2.75, 3.05) is 12.9 Å². The first-order valence-electron chi connectivity index (χ1n) is 4.51. The average molecular weight is 227 g/mol. The molecule has 0 amide bonds. The third kappa shape index (κ3) is 4.31. The fraction of sp³-hybridized carbons (Fsp3) is 0.400. The van der Waals surface area contributed by atoms with E-state index in [4.69, 9.17) is 0 Å². The maximum Gasteiger partial charge on any atom is 0.306 e. The van der Waals surface area contributed by atoms with Gasteiger partial charge in [-0.3, -0.25) is 9.78 Å². The standard InChI is InChI=1S/C10H13NO3S/c1-14-9(12)5-7-15-10(13)8-4-2-3-6-11-8/h2-4,6,10,13H,5,7H2,1H3. The normalized spacial score (nSPS) is 12.1. The number of aliphatic hydroxyl groups is 1. The van der Waals surface area contributed by atoms with Crippen molar-refractivity contribution < 1.29 is 14.6 Å². The number of rotatable bonds is 5. The van der Waals surface area contributed by atoms with E-state index in [1.165, 1.54) is 18.9 Å². The number of hydrogen-bond donors (Lipinski definition) is 1. The van der Waals surface area contributed by atoms with Gasteiger partial charge in [-0.05, 0) is 12.1 Å². The third-order valence-electron chi connectivity index (χ3n) is 1.75. The van der Waals surface area contributed by atoms with Gasteiger partial charge in [-0.2, -0.15) is 0 Å². The molecular formula is C10H13NO3S. The van der Waals surface area contributed by atoms with Gasteiger partial charge in [0.1, 0.15) is 5.44 Å². The zero-order chi connectivity index (χ0) is 11.1. The lowest BCUT2D eigenvalue weighted by molar-refractivity contribution is -0.140.